The van der Waals surface area contributed by atoms with Crippen LogP contribution in [0.3, 0.4) is 0 Å². The molecule has 0 atom stereocenters. The lowest BCUT2D eigenvalue weighted by Gasteiger charge is -2.00. The number of pyridine rings is 1. The molecule has 0 bridgehead atoms. The van der Waals surface area contributed by atoms with Gasteiger partial charge < -0.3 is 4.98 Å². The Morgan fingerprint density at radius 1 is 1.44 bits per heavy atom. The Balaban J connectivity index is 2.23. The summed E-state index contributed by atoms with van der Waals surface area (Å²) in [7, 11) is 0. The molecule has 0 aliphatic carbocycles. The molecule has 0 aromatic carbocycles. The van der Waals surface area contributed by atoms with Gasteiger partial charge in [0.25, 0.3) is 11.2 Å². The number of H-pyrrole nitrogens is 1. The molecule has 8 heteroatoms. The summed E-state index contributed by atoms with van der Waals surface area (Å²) < 4.78 is 0. The fourth-order valence-electron chi connectivity index (χ4n) is 1.24. The predicted molar refractivity (Wildman–Crippen MR) is 64.6 cm³/mol. The monoisotopic (exact) mass is 264 g/mol. The van der Waals surface area contributed by atoms with E-state index in [1.807, 2.05) is 0 Å². The van der Waals surface area contributed by atoms with Crippen LogP contribution in [0.1, 0.15) is 5.69 Å². The summed E-state index contributed by atoms with van der Waals surface area (Å²) in [5.74, 6) is 0. The van der Waals surface area contributed by atoms with Crippen LogP contribution >= 0.6 is 11.8 Å². The van der Waals surface area contributed by atoms with E-state index >= 15 is 0 Å². The van der Waals surface area contributed by atoms with Crippen molar-refractivity contribution >= 4 is 17.4 Å². The number of nitrogens with zero attached hydrogens (tertiary/aromatic N) is 3. The Bertz CT molecular complexity index is 638. The zero-order valence-corrected chi connectivity index (χ0v) is 10.1. The van der Waals surface area contributed by atoms with Gasteiger partial charge in [-0.25, -0.2) is 9.97 Å². The third-order valence-electron chi connectivity index (χ3n) is 1.98. The average Bonchev–Trinajstić information content (AvgIpc) is 2.28. The number of nitrogens with one attached hydrogen (secondary N) is 1. The lowest BCUT2D eigenvalue weighted by molar-refractivity contribution is -0.385. The van der Waals surface area contributed by atoms with Crippen LogP contribution < -0.4 is 5.56 Å². The lowest BCUT2D eigenvalue weighted by atomic mass is 10.4. The molecule has 0 unspecified atom stereocenters. The van der Waals surface area contributed by atoms with Crippen molar-refractivity contribution in [2.75, 3.05) is 0 Å². The Hall–Kier alpha value is -2.22. The first-order valence-electron chi connectivity index (χ1n) is 4.91. The van der Waals surface area contributed by atoms with Crippen molar-refractivity contribution in [1.29, 1.82) is 0 Å². The van der Waals surface area contributed by atoms with E-state index in [1.54, 1.807) is 6.92 Å². The highest BCUT2D eigenvalue weighted by molar-refractivity contribution is 7.99. The molecule has 0 aliphatic rings. The van der Waals surface area contributed by atoms with E-state index in [0.29, 0.717) is 15.9 Å². The summed E-state index contributed by atoms with van der Waals surface area (Å²) in [4.78, 5) is 31.8. The average molecular weight is 264 g/mol. The van der Waals surface area contributed by atoms with Gasteiger partial charge in [-0.15, -0.1) is 0 Å². The first-order valence-corrected chi connectivity index (χ1v) is 5.72. The smallest absolute Gasteiger partial charge is 0.287 e. The number of aromatic nitrogens is 3. The van der Waals surface area contributed by atoms with E-state index < -0.39 is 4.92 Å². The van der Waals surface area contributed by atoms with Crippen molar-refractivity contribution in [3.63, 3.8) is 0 Å². The zero-order valence-electron chi connectivity index (χ0n) is 9.28. The van der Waals surface area contributed by atoms with Crippen LogP contribution in [-0.4, -0.2) is 19.9 Å². The second-order valence-corrected chi connectivity index (χ2v) is 4.41. The summed E-state index contributed by atoms with van der Waals surface area (Å²) in [6.07, 6.45) is 1.16. The van der Waals surface area contributed by atoms with E-state index in [9.17, 15) is 14.9 Å². The zero-order chi connectivity index (χ0) is 13.1. The molecule has 2 heterocycles. The molecule has 92 valence electrons. The SMILES string of the molecule is Cc1cc(=O)[nH]c(Sc2ccc([N+](=O)[O-])cn2)n1. The van der Waals surface area contributed by atoms with E-state index in [-0.39, 0.29) is 11.2 Å². The third kappa shape index (κ3) is 2.92. The molecule has 2 aromatic rings. The Morgan fingerprint density at radius 2 is 2.22 bits per heavy atom. The van der Waals surface area contributed by atoms with Gasteiger partial charge in [0, 0.05) is 17.8 Å². The van der Waals surface area contributed by atoms with E-state index in [1.165, 1.54) is 18.2 Å². The minimum absolute atomic E-state index is 0.0787. The molecule has 1 N–H and O–H groups in total. The fraction of sp³-hybridized carbons (Fsp3) is 0.100. The number of aromatic amines is 1. The fourth-order valence-corrected chi connectivity index (χ4v) is 2.02. The maximum absolute atomic E-state index is 11.2. The number of hydrogen-bond donors (Lipinski definition) is 1. The van der Waals surface area contributed by atoms with Crippen LogP contribution in [-0.2, 0) is 0 Å². The van der Waals surface area contributed by atoms with E-state index in [0.717, 1.165) is 18.0 Å². The standard InChI is InChI=1S/C10H8N4O3S/c1-6-4-8(15)13-10(12-6)18-9-3-2-7(5-11-9)14(16)17/h2-5H,1H3,(H,12,13,15). The van der Waals surface area contributed by atoms with Gasteiger partial charge in [0.05, 0.1) is 4.92 Å². The maximum atomic E-state index is 11.2. The molecular formula is C10H8N4O3S. The highest BCUT2D eigenvalue weighted by atomic mass is 32.2. The molecule has 0 saturated heterocycles. The van der Waals surface area contributed by atoms with Gasteiger partial charge in [0.15, 0.2) is 5.16 Å². The molecule has 2 rings (SSSR count). The van der Waals surface area contributed by atoms with Crippen molar-refractivity contribution in [2.24, 2.45) is 0 Å². The lowest BCUT2D eigenvalue weighted by Crippen LogP contribution is -2.07. The molecular weight excluding hydrogens is 256 g/mol. The Kier molecular flexibility index (Phi) is 3.38. The van der Waals surface area contributed by atoms with Crippen LogP contribution in [0, 0.1) is 17.0 Å². The normalized spacial score (nSPS) is 10.3. The first-order chi connectivity index (χ1) is 8.54. The number of nitro groups is 1. The summed E-state index contributed by atoms with van der Waals surface area (Å²) in [6.45, 7) is 1.71. The molecule has 0 spiro atoms. The van der Waals surface area contributed by atoms with Crippen molar-refractivity contribution in [3.05, 3.63) is 50.6 Å². The van der Waals surface area contributed by atoms with Gasteiger partial charge >= 0.3 is 0 Å². The topological polar surface area (TPSA) is 102 Å². The summed E-state index contributed by atoms with van der Waals surface area (Å²) in [6, 6.07) is 4.24. The second kappa shape index (κ2) is 4.96. The number of hydrogen-bond acceptors (Lipinski definition) is 6. The highest BCUT2D eigenvalue weighted by Crippen LogP contribution is 2.23. The van der Waals surface area contributed by atoms with Crippen LogP contribution in [0.2, 0.25) is 0 Å². The van der Waals surface area contributed by atoms with Gasteiger partial charge in [-0.3, -0.25) is 14.9 Å². The van der Waals surface area contributed by atoms with Gasteiger partial charge in [-0.2, -0.15) is 0 Å². The van der Waals surface area contributed by atoms with Crippen LogP contribution in [0.15, 0.2) is 39.4 Å². The maximum Gasteiger partial charge on any atom is 0.287 e. The summed E-state index contributed by atoms with van der Waals surface area (Å²) in [5.41, 5.74) is 0.278. The quantitative estimate of drug-likeness (QED) is 0.512. The van der Waals surface area contributed by atoms with Gasteiger partial charge in [-0.05, 0) is 24.8 Å². The van der Waals surface area contributed by atoms with Crippen molar-refractivity contribution < 1.29 is 4.92 Å². The van der Waals surface area contributed by atoms with Crippen LogP contribution in [0.25, 0.3) is 0 Å². The molecule has 0 aliphatic heterocycles. The number of rotatable bonds is 3. The predicted octanol–water partition coefficient (Wildman–Crippen LogP) is 1.53. The Morgan fingerprint density at radius 3 is 2.78 bits per heavy atom. The number of aryl methyl sites for hydroxylation is 1. The molecule has 0 radical (unpaired) electrons. The van der Waals surface area contributed by atoms with Crippen LogP contribution in [0.4, 0.5) is 5.69 Å². The minimum Gasteiger partial charge on any atom is -0.301 e. The summed E-state index contributed by atoms with van der Waals surface area (Å²) >= 11 is 1.14. The largest absolute Gasteiger partial charge is 0.301 e. The van der Waals surface area contributed by atoms with Crippen molar-refractivity contribution in [2.45, 2.75) is 17.1 Å². The molecule has 18 heavy (non-hydrogen) atoms. The van der Waals surface area contributed by atoms with Gasteiger partial charge in [0.1, 0.15) is 11.2 Å². The van der Waals surface area contributed by atoms with Crippen LogP contribution in [0.5, 0.6) is 0 Å². The van der Waals surface area contributed by atoms with E-state index in [2.05, 4.69) is 15.0 Å². The second-order valence-electron chi connectivity index (χ2n) is 3.41. The van der Waals surface area contributed by atoms with E-state index in [4.69, 9.17) is 0 Å². The third-order valence-corrected chi connectivity index (χ3v) is 2.82. The molecule has 0 amide bonds. The molecule has 2 aromatic heterocycles. The molecule has 0 saturated carbocycles. The molecule has 0 fully saturated rings. The van der Waals surface area contributed by atoms with Crippen molar-refractivity contribution in [1.82, 2.24) is 15.0 Å². The van der Waals surface area contributed by atoms with Crippen molar-refractivity contribution in [3.8, 4) is 0 Å². The molecule has 7 nitrogen and oxygen atoms in total. The minimum atomic E-state index is -0.520. The van der Waals surface area contributed by atoms with Gasteiger partial charge in [-0.1, -0.05) is 0 Å². The first kappa shape index (κ1) is 12.2. The Labute approximate surface area is 105 Å². The van der Waals surface area contributed by atoms with Gasteiger partial charge in [0.2, 0.25) is 0 Å². The summed E-state index contributed by atoms with van der Waals surface area (Å²) in [5, 5.41) is 11.4. The highest BCUT2D eigenvalue weighted by Gasteiger charge is 2.07.